The standard InChI is InChI=1S/C17H18BrClN2O2S.C2H6/c1-12-15(19)6-3-7-17(12)24(22,23)21-9-8-20-11-16(21)13-4-2-5-14(18)10-13;1-2/h2-7,10,16,20H,8-9,11H2,1H3;1-2H3. The summed E-state index contributed by atoms with van der Waals surface area (Å²) in [5.74, 6) is 0. The first-order chi connectivity index (χ1) is 12.4. The second-order valence-electron chi connectivity index (χ2n) is 5.75. The molecule has 1 fully saturated rings. The zero-order chi connectivity index (χ0) is 19.3. The Balaban J connectivity index is 0.00000117. The molecular formula is C19H24BrClN2O2S. The molecule has 0 radical (unpaired) electrons. The van der Waals surface area contributed by atoms with E-state index in [1.165, 1.54) is 0 Å². The molecule has 142 valence electrons. The fourth-order valence-corrected chi connectivity index (χ4v) is 5.48. The predicted molar refractivity (Wildman–Crippen MR) is 111 cm³/mol. The Bertz CT molecular complexity index is 858. The second kappa shape index (κ2) is 9.33. The van der Waals surface area contributed by atoms with Gasteiger partial charge in [-0.3, -0.25) is 0 Å². The predicted octanol–water partition coefficient (Wildman–Crippen LogP) is 4.77. The van der Waals surface area contributed by atoms with Crippen molar-refractivity contribution in [2.75, 3.05) is 19.6 Å². The monoisotopic (exact) mass is 458 g/mol. The topological polar surface area (TPSA) is 49.4 Å². The molecule has 1 saturated heterocycles. The zero-order valence-electron chi connectivity index (χ0n) is 15.2. The molecule has 1 atom stereocenters. The quantitative estimate of drug-likeness (QED) is 0.719. The van der Waals surface area contributed by atoms with Crippen LogP contribution in [0.1, 0.15) is 31.0 Å². The van der Waals surface area contributed by atoms with Crippen molar-refractivity contribution in [2.24, 2.45) is 0 Å². The number of halogens is 2. The number of nitrogens with one attached hydrogen (secondary N) is 1. The van der Waals surface area contributed by atoms with Gasteiger partial charge in [-0.1, -0.05) is 59.6 Å². The molecule has 1 heterocycles. The summed E-state index contributed by atoms with van der Waals surface area (Å²) in [6, 6.07) is 12.5. The summed E-state index contributed by atoms with van der Waals surface area (Å²) >= 11 is 9.59. The highest BCUT2D eigenvalue weighted by atomic mass is 79.9. The average Bonchev–Trinajstić information content (AvgIpc) is 2.65. The van der Waals surface area contributed by atoms with Gasteiger partial charge in [0.15, 0.2) is 0 Å². The first kappa shape index (κ1) is 21.4. The minimum Gasteiger partial charge on any atom is -0.313 e. The van der Waals surface area contributed by atoms with Crippen LogP contribution in [0.15, 0.2) is 51.8 Å². The molecule has 4 nitrogen and oxygen atoms in total. The second-order valence-corrected chi connectivity index (χ2v) is 8.94. The molecule has 0 saturated carbocycles. The van der Waals surface area contributed by atoms with E-state index in [1.54, 1.807) is 29.4 Å². The minimum absolute atomic E-state index is 0.250. The van der Waals surface area contributed by atoms with E-state index >= 15 is 0 Å². The number of piperazine rings is 1. The maximum atomic E-state index is 13.3. The van der Waals surface area contributed by atoms with Gasteiger partial charge in [-0.15, -0.1) is 0 Å². The summed E-state index contributed by atoms with van der Waals surface area (Å²) in [5.41, 5.74) is 1.55. The van der Waals surface area contributed by atoms with Crippen LogP contribution in [0.2, 0.25) is 5.02 Å². The van der Waals surface area contributed by atoms with Crippen molar-refractivity contribution in [3.05, 3.63) is 63.1 Å². The van der Waals surface area contributed by atoms with Crippen molar-refractivity contribution in [3.8, 4) is 0 Å². The highest BCUT2D eigenvalue weighted by Gasteiger charge is 2.35. The Morgan fingerprint density at radius 2 is 1.88 bits per heavy atom. The molecule has 0 aliphatic carbocycles. The van der Waals surface area contributed by atoms with Gasteiger partial charge >= 0.3 is 0 Å². The number of hydrogen-bond acceptors (Lipinski definition) is 3. The van der Waals surface area contributed by atoms with Crippen LogP contribution in [0.25, 0.3) is 0 Å². The molecule has 1 aliphatic rings. The third-order valence-electron chi connectivity index (χ3n) is 4.23. The summed E-state index contributed by atoms with van der Waals surface area (Å²) in [4.78, 5) is 0.275. The highest BCUT2D eigenvalue weighted by molar-refractivity contribution is 9.10. The van der Waals surface area contributed by atoms with Crippen LogP contribution in [0.5, 0.6) is 0 Å². The first-order valence-electron chi connectivity index (χ1n) is 8.64. The lowest BCUT2D eigenvalue weighted by Crippen LogP contribution is -2.48. The van der Waals surface area contributed by atoms with Crippen molar-refractivity contribution < 1.29 is 8.42 Å². The van der Waals surface area contributed by atoms with Gasteiger partial charge in [-0.2, -0.15) is 4.31 Å². The first-order valence-corrected chi connectivity index (χ1v) is 11.3. The number of benzene rings is 2. The summed E-state index contributed by atoms with van der Waals surface area (Å²) < 4.78 is 29.0. The average molecular weight is 460 g/mol. The van der Waals surface area contributed by atoms with Crippen LogP contribution in [-0.2, 0) is 10.0 Å². The Hall–Kier alpha value is -0.920. The molecule has 26 heavy (non-hydrogen) atoms. The molecule has 0 aromatic heterocycles. The fraction of sp³-hybridized carbons (Fsp3) is 0.368. The van der Waals surface area contributed by atoms with Crippen LogP contribution in [0.4, 0.5) is 0 Å². The molecule has 7 heteroatoms. The maximum absolute atomic E-state index is 13.3. The number of nitrogens with zero attached hydrogens (tertiary/aromatic N) is 1. The van der Waals surface area contributed by atoms with Crippen molar-refractivity contribution in [1.82, 2.24) is 9.62 Å². The van der Waals surface area contributed by atoms with Crippen molar-refractivity contribution >= 4 is 37.6 Å². The summed E-state index contributed by atoms with van der Waals surface area (Å²) in [6.45, 7) is 7.37. The number of sulfonamides is 1. The van der Waals surface area contributed by atoms with Gasteiger partial charge < -0.3 is 5.32 Å². The summed E-state index contributed by atoms with van der Waals surface area (Å²) in [7, 11) is -3.63. The smallest absolute Gasteiger partial charge is 0.244 e. The maximum Gasteiger partial charge on any atom is 0.244 e. The Morgan fingerprint density at radius 1 is 1.19 bits per heavy atom. The van der Waals surface area contributed by atoms with E-state index in [2.05, 4.69) is 21.2 Å². The fourth-order valence-electron chi connectivity index (χ4n) is 2.96. The van der Waals surface area contributed by atoms with E-state index in [0.29, 0.717) is 30.2 Å². The van der Waals surface area contributed by atoms with Crippen LogP contribution >= 0.6 is 27.5 Å². The van der Waals surface area contributed by atoms with Gasteiger partial charge in [-0.05, 0) is 42.3 Å². The van der Waals surface area contributed by atoms with Gasteiger partial charge in [-0.25, -0.2) is 8.42 Å². The van der Waals surface area contributed by atoms with Gasteiger partial charge in [0, 0.05) is 29.1 Å². The lowest BCUT2D eigenvalue weighted by Gasteiger charge is -2.36. The zero-order valence-corrected chi connectivity index (χ0v) is 18.3. The van der Waals surface area contributed by atoms with E-state index in [-0.39, 0.29) is 10.9 Å². The lowest BCUT2D eigenvalue weighted by atomic mass is 10.1. The van der Waals surface area contributed by atoms with E-state index in [0.717, 1.165) is 10.0 Å². The Kier molecular flexibility index (Phi) is 7.67. The molecule has 1 aliphatic heterocycles. The van der Waals surface area contributed by atoms with Crippen molar-refractivity contribution in [3.63, 3.8) is 0 Å². The van der Waals surface area contributed by atoms with Gasteiger partial charge in [0.05, 0.1) is 10.9 Å². The van der Waals surface area contributed by atoms with Crippen molar-refractivity contribution in [1.29, 1.82) is 0 Å². The van der Waals surface area contributed by atoms with Crippen LogP contribution in [0, 0.1) is 6.92 Å². The van der Waals surface area contributed by atoms with E-state index in [1.807, 2.05) is 38.1 Å². The molecule has 3 rings (SSSR count). The van der Waals surface area contributed by atoms with Crippen LogP contribution < -0.4 is 5.32 Å². The van der Waals surface area contributed by atoms with E-state index < -0.39 is 10.0 Å². The lowest BCUT2D eigenvalue weighted by molar-refractivity contribution is 0.271. The minimum atomic E-state index is -3.63. The molecule has 0 amide bonds. The largest absolute Gasteiger partial charge is 0.313 e. The molecule has 2 aromatic carbocycles. The Morgan fingerprint density at radius 3 is 2.58 bits per heavy atom. The van der Waals surface area contributed by atoms with Crippen LogP contribution in [-0.4, -0.2) is 32.4 Å². The third kappa shape index (κ3) is 4.49. The normalized spacial score (nSPS) is 18.1. The Labute approximate surface area is 169 Å². The van der Waals surface area contributed by atoms with Gasteiger partial charge in [0.1, 0.15) is 0 Å². The number of hydrogen-bond donors (Lipinski definition) is 1. The molecule has 2 aromatic rings. The SMILES string of the molecule is CC.Cc1c(Cl)cccc1S(=O)(=O)N1CCNCC1c1cccc(Br)c1. The third-order valence-corrected chi connectivity index (χ3v) is 7.19. The summed E-state index contributed by atoms with van der Waals surface area (Å²) in [6.07, 6.45) is 0. The molecule has 0 spiro atoms. The van der Waals surface area contributed by atoms with Crippen LogP contribution in [0.3, 0.4) is 0 Å². The molecule has 0 bridgehead atoms. The summed E-state index contributed by atoms with van der Waals surface area (Å²) in [5, 5.41) is 3.75. The van der Waals surface area contributed by atoms with Crippen molar-refractivity contribution in [2.45, 2.75) is 31.7 Å². The molecule has 1 unspecified atom stereocenters. The molecule has 1 N–H and O–H groups in total. The van der Waals surface area contributed by atoms with Gasteiger partial charge in [0.2, 0.25) is 10.0 Å². The molecular weight excluding hydrogens is 436 g/mol. The van der Waals surface area contributed by atoms with E-state index in [4.69, 9.17) is 11.6 Å². The number of rotatable bonds is 3. The van der Waals surface area contributed by atoms with Gasteiger partial charge in [0.25, 0.3) is 0 Å². The van der Waals surface area contributed by atoms with E-state index in [9.17, 15) is 8.42 Å². The highest BCUT2D eigenvalue weighted by Crippen LogP contribution is 2.32.